The van der Waals surface area contributed by atoms with Crippen molar-refractivity contribution in [3.05, 3.63) is 0 Å². The van der Waals surface area contributed by atoms with Crippen molar-refractivity contribution in [2.24, 2.45) is 5.41 Å². The molecule has 0 saturated heterocycles. The Morgan fingerprint density at radius 3 is 2.23 bits per heavy atom. The van der Waals surface area contributed by atoms with E-state index in [1.54, 1.807) is 7.05 Å². The van der Waals surface area contributed by atoms with Crippen LogP contribution in [-0.4, -0.2) is 54.2 Å². The number of nitrogens with zero attached hydrogens (tertiary/aromatic N) is 1. The summed E-state index contributed by atoms with van der Waals surface area (Å²) in [7, 11) is 1.67. The number of hydrogen-bond acceptors (Lipinski definition) is 3. The minimum absolute atomic E-state index is 0.0274. The van der Waals surface area contributed by atoms with Crippen LogP contribution in [0.25, 0.3) is 0 Å². The number of nitrogens with one attached hydrogen (secondary N) is 3. The fraction of sp³-hybridized carbons (Fsp3) is 0.900. The van der Waals surface area contributed by atoms with E-state index in [0.29, 0.717) is 17.2 Å². The molecule has 0 spiro atoms. The van der Waals surface area contributed by atoms with Gasteiger partial charge in [0.2, 0.25) is 5.91 Å². The number of likely N-dealkylation sites (N-methyl/N-ethyl adjacent to an activating group) is 1. The number of rotatable bonds is 8. The molecule has 1 fully saturated rings. The van der Waals surface area contributed by atoms with Crippen LogP contribution in [-0.2, 0) is 4.79 Å². The first-order chi connectivity index (χ1) is 12.2. The third-order valence-electron chi connectivity index (χ3n) is 5.19. The summed E-state index contributed by atoms with van der Waals surface area (Å²) in [6.07, 6.45) is 7.23. The SMILES string of the molecule is CCCN(CCC)C1CCCCC1NC(=S)NC(C(=O)NC)C(C)(C)C. The molecule has 1 amide bonds. The molecule has 1 saturated carbocycles. The first-order valence-corrected chi connectivity index (χ1v) is 10.7. The van der Waals surface area contributed by atoms with Gasteiger partial charge in [0.1, 0.15) is 6.04 Å². The molecule has 0 aliphatic heterocycles. The van der Waals surface area contributed by atoms with E-state index in [2.05, 4.69) is 55.5 Å². The fourth-order valence-electron chi connectivity index (χ4n) is 3.90. The van der Waals surface area contributed by atoms with Gasteiger partial charge in [-0.1, -0.05) is 47.5 Å². The Morgan fingerprint density at radius 1 is 1.15 bits per heavy atom. The second kappa shape index (κ2) is 11.1. The van der Waals surface area contributed by atoms with E-state index in [9.17, 15) is 4.79 Å². The van der Waals surface area contributed by atoms with E-state index in [-0.39, 0.29) is 17.4 Å². The van der Waals surface area contributed by atoms with E-state index >= 15 is 0 Å². The maximum atomic E-state index is 12.3. The highest BCUT2D eigenvalue weighted by Gasteiger charge is 2.33. The summed E-state index contributed by atoms with van der Waals surface area (Å²) in [5.41, 5.74) is -0.214. The van der Waals surface area contributed by atoms with Crippen LogP contribution in [0.15, 0.2) is 0 Å². The molecule has 1 aliphatic carbocycles. The van der Waals surface area contributed by atoms with Crippen LogP contribution in [0.5, 0.6) is 0 Å². The van der Waals surface area contributed by atoms with Crippen molar-refractivity contribution < 1.29 is 4.79 Å². The average Bonchev–Trinajstić information content (AvgIpc) is 2.58. The van der Waals surface area contributed by atoms with Crippen LogP contribution in [0.2, 0.25) is 0 Å². The second-order valence-corrected chi connectivity index (χ2v) is 8.93. The van der Waals surface area contributed by atoms with E-state index in [1.165, 1.54) is 32.1 Å². The number of thiocarbonyl (C=S) groups is 1. The Hall–Kier alpha value is -0.880. The third-order valence-corrected chi connectivity index (χ3v) is 5.42. The van der Waals surface area contributed by atoms with Crippen LogP contribution in [0.1, 0.15) is 73.1 Å². The molecule has 0 heterocycles. The summed E-state index contributed by atoms with van der Waals surface area (Å²) >= 11 is 5.60. The van der Waals surface area contributed by atoms with Gasteiger partial charge in [-0.3, -0.25) is 9.69 Å². The Balaban J connectivity index is 2.78. The third kappa shape index (κ3) is 7.03. The monoisotopic (exact) mass is 384 g/mol. The van der Waals surface area contributed by atoms with Crippen LogP contribution in [0.3, 0.4) is 0 Å². The summed E-state index contributed by atoms with van der Waals surface area (Å²) in [5.74, 6) is -0.0274. The van der Waals surface area contributed by atoms with Gasteiger partial charge in [-0.2, -0.15) is 0 Å². The summed E-state index contributed by atoms with van der Waals surface area (Å²) in [6.45, 7) is 12.9. The molecule has 26 heavy (non-hydrogen) atoms. The molecule has 0 bridgehead atoms. The lowest BCUT2D eigenvalue weighted by atomic mass is 9.86. The van der Waals surface area contributed by atoms with Crippen LogP contribution in [0.4, 0.5) is 0 Å². The van der Waals surface area contributed by atoms with E-state index in [1.807, 2.05) is 0 Å². The zero-order valence-electron chi connectivity index (χ0n) is 17.7. The first-order valence-electron chi connectivity index (χ1n) is 10.3. The number of hydrogen-bond donors (Lipinski definition) is 3. The van der Waals surface area contributed by atoms with Gasteiger partial charge < -0.3 is 16.0 Å². The lowest BCUT2D eigenvalue weighted by molar-refractivity contribution is -0.124. The van der Waals surface area contributed by atoms with Crippen LogP contribution >= 0.6 is 12.2 Å². The lowest BCUT2D eigenvalue weighted by Gasteiger charge is -2.41. The standard InChI is InChI=1S/C20H40N4OS/c1-7-13-24(14-8-2)16-12-10-9-11-15(16)22-19(26)23-17(18(25)21-6)20(3,4)5/h15-17H,7-14H2,1-6H3,(H,21,25)(H2,22,23,26). The van der Waals surface area contributed by atoms with Gasteiger partial charge in [0.25, 0.3) is 0 Å². The molecule has 3 atom stereocenters. The second-order valence-electron chi connectivity index (χ2n) is 8.53. The van der Waals surface area contributed by atoms with Crippen molar-refractivity contribution in [1.82, 2.24) is 20.9 Å². The van der Waals surface area contributed by atoms with E-state index in [4.69, 9.17) is 12.2 Å². The van der Waals surface area contributed by atoms with Gasteiger partial charge >= 0.3 is 0 Å². The summed E-state index contributed by atoms with van der Waals surface area (Å²) < 4.78 is 0. The average molecular weight is 385 g/mol. The molecule has 0 radical (unpaired) electrons. The Bertz CT molecular complexity index is 444. The zero-order valence-corrected chi connectivity index (χ0v) is 18.5. The van der Waals surface area contributed by atoms with Crippen molar-refractivity contribution in [3.8, 4) is 0 Å². The predicted octanol–water partition coefficient (Wildman–Crippen LogP) is 3.04. The summed E-state index contributed by atoms with van der Waals surface area (Å²) in [5, 5.41) is 10.2. The molecule has 5 nitrogen and oxygen atoms in total. The highest BCUT2D eigenvalue weighted by molar-refractivity contribution is 7.80. The molecule has 0 aromatic rings. The molecule has 1 aliphatic rings. The van der Waals surface area contributed by atoms with Crippen molar-refractivity contribution in [3.63, 3.8) is 0 Å². The van der Waals surface area contributed by atoms with Crippen LogP contribution < -0.4 is 16.0 Å². The molecule has 0 aromatic carbocycles. The summed E-state index contributed by atoms with van der Waals surface area (Å²) in [6, 6.07) is 0.528. The Morgan fingerprint density at radius 2 is 1.73 bits per heavy atom. The summed E-state index contributed by atoms with van der Waals surface area (Å²) in [4.78, 5) is 14.9. The number of carbonyl (C=O) groups is 1. The van der Waals surface area contributed by atoms with Crippen molar-refractivity contribution in [2.45, 2.75) is 91.3 Å². The minimum Gasteiger partial charge on any atom is -0.358 e. The van der Waals surface area contributed by atoms with Gasteiger partial charge in [0.05, 0.1) is 0 Å². The Kier molecular flexibility index (Phi) is 9.86. The van der Waals surface area contributed by atoms with Crippen molar-refractivity contribution in [1.29, 1.82) is 0 Å². The quantitative estimate of drug-likeness (QED) is 0.562. The lowest BCUT2D eigenvalue weighted by Crippen LogP contribution is -2.60. The molecule has 152 valence electrons. The van der Waals surface area contributed by atoms with E-state index < -0.39 is 0 Å². The zero-order chi connectivity index (χ0) is 19.7. The smallest absolute Gasteiger partial charge is 0.242 e. The van der Waals surface area contributed by atoms with Crippen molar-refractivity contribution in [2.75, 3.05) is 20.1 Å². The largest absolute Gasteiger partial charge is 0.358 e. The van der Waals surface area contributed by atoms with Gasteiger partial charge in [0, 0.05) is 19.1 Å². The molecule has 3 unspecified atom stereocenters. The highest BCUT2D eigenvalue weighted by atomic mass is 32.1. The highest BCUT2D eigenvalue weighted by Crippen LogP contribution is 2.24. The van der Waals surface area contributed by atoms with Gasteiger partial charge in [-0.15, -0.1) is 0 Å². The molecule has 6 heteroatoms. The predicted molar refractivity (Wildman–Crippen MR) is 114 cm³/mol. The van der Waals surface area contributed by atoms with Gasteiger partial charge in [-0.25, -0.2) is 0 Å². The minimum atomic E-state index is -0.350. The normalized spacial score (nSPS) is 22.0. The molecule has 3 N–H and O–H groups in total. The van der Waals surface area contributed by atoms with Crippen molar-refractivity contribution >= 4 is 23.2 Å². The van der Waals surface area contributed by atoms with Crippen LogP contribution in [0, 0.1) is 5.41 Å². The van der Waals surface area contributed by atoms with E-state index in [0.717, 1.165) is 19.5 Å². The van der Waals surface area contributed by atoms with Gasteiger partial charge in [0.15, 0.2) is 5.11 Å². The fourth-order valence-corrected chi connectivity index (χ4v) is 4.16. The topological polar surface area (TPSA) is 56.4 Å². The number of carbonyl (C=O) groups excluding carboxylic acids is 1. The first kappa shape index (κ1) is 23.2. The Labute approximate surface area is 166 Å². The molecular weight excluding hydrogens is 344 g/mol. The molecule has 1 rings (SSSR count). The molecular formula is C20H40N4OS. The maximum Gasteiger partial charge on any atom is 0.242 e. The van der Waals surface area contributed by atoms with Gasteiger partial charge in [-0.05, 0) is 56.4 Å². The number of amides is 1. The molecule has 0 aromatic heterocycles. The maximum absolute atomic E-state index is 12.3.